The number of carbonyl (C=O) groups excluding carboxylic acids is 1. The summed E-state index contributed by atoms with van der Waals surface area (Å²) in [6.45, 7) is 9.04. The van der Waals surface area contributed by atoms with Gasteiger partial charge in [0.1, 0.15) is 0 Å². The van der Waals surface area contributed by atoms with Gasteiger partial charge in [-0.25, -0.2) is 0 Å². The van der Waals surface area contributed by atoms with Crippen LogP contribution in [0.15, 0.2) is 6.20 Å². The molecule has 1 rings (SSSR count). The Bertz CT molecular complexity index is 462. The summed E-state index contributed by atoms with van der Waals surface area (Å²) in [6.07, 6.45) is 1.96. The maximum atomic E-state index is 12.3. The van der Waals surface area contributed by atoms with Crippen LogP contribution in [0.3, 0.4) is 0 Å². The van der Waals surface area contributed by atoms with Crippen molar-refractivity contribution in [1.29, 1.82) is 0 Å². The molecular formula is C14H25N3O3. The summed E-state index contributed by atoms with van der Waals surface area (Å²) >= 11 is 0. The van der Waals surface area contributed by atoms with Crippen molar-refractivity contribution >= 4 is 5.91 Å². The third kappa shape index (κ3) is 3.19. The predicted molar refractivity (Wildman–Crippen MR) is 76.6 cm³/mol. The monoisotopic (exact) mass is 283 g/mol. The highest BCUT2D eigenvalue weighted by Crippen LogP contribution is 2.19. The highest BCUT2D eigenvalue weighted by molar-refractivity contribution is 5.95. The molecule has 0 bridgehead atoms. The van der Waals surface area contributed by atoms with Crippen LogP contribution >= 0.6 is 0 Å². The number of hydrogen-bond acceptors (Lipinski definition) is 4. The highest BCUT2D eigenvalue weighted by atomic mass is 16.3. The Morgan fingerprint density at radius 2 is 1.90 bits per heavy atom. The molecule has 0 aliphatic carbocycles. The molecule has 0 radical (unpaired) electrons. The first-order valence-corrected chi connectivity index (χ1v) is 6.80. The van der Waals surface area contributed by atoms with Crippen molar-refractivity contribution in [3.63, 3.8) is 0 Å². The molecule has 1 amide bonds. The summed E-state index contributed by atoms with van der Waals surface area (Å²) in [7, 11) is 0. The van der Waals surface area contributed by atoms with E-state index in [0.29, 0.717) is 12.0 Å². The Labute approximate surface area is 119 Å². The standard InChI is InChI=1S/C14H25N3O3/c1-6-14(8-18,9-19)16-12(20)11-7-15-17(10(11)2)13(3,4)5/h7,18-19H,6,8-9H2,1-5H3,(H,16,20). The van der Waals surface area contributed by atoms with E-state index in [0.717, 1.165) is 5.69 Å². The van der Waals surface area contributed by atoms with Crippen molar-refractivity contribution in [2.24, 2.45) is 0 Å². The van der Waals surface area contributed by atoms with E-state index in [9.17, 15) is 15.0 Å². The molecule has 3 N–H and O–H groups in total. The highest BCUT2D eigenvalue weighted by Gasteiger charge is 2.30. The Balaban J connectivity index is 3.03. The van der Waals surface area contributed by atoms with Gasteiger partial charge in [0.2, 0.25) is 0 Å². The van der Waals surface area contributed by atoms with Gasteiger partial charge in [0.25, 0.3) is 5.91 Å². The summed E-state index contributed by atoms with van der Waals surface area (Å²) in [5.41, 5.74) is 0.0155. The number of aliphatic hydroxyl groups is 2. The lowest BCUT2D eigenvalue weighted by molar-refractivity contribution is 0.0652. The van der Waals surface area contributed by atoms with Gasteiger partial charge < -0.3 is 15.5 Å². The average Bonchev–Trinajstić information content (AvgIpc) is 2.78. The lowest BCUT2D eigenvalue weighted by Crippen LogP contribution is -2.53. The lowest BCUT2D eigenvalue weighted by Gasteiger charge is -2.29. The van der Waals surface area contributed by atoms with E-state index in [4.69, 9.17) is 0 Å². The van der Waals surface area contributed by atoms with Crippen molar-refractivity contribution in [2.45, 2.75) is 52.1 Å². The Kier molecular flexibility index (Phi) is 4.94. The molecule has 0 aliphatic heterocycles. The molecule has 0 saturated carbocycles. The normalized spacial score (nSPS) is 12.6. The maximum Gasteiger partial charge on any atom is 0.255 e. The fourth-order valence-corrected chi connectivity index (χ4v) is 2.06. The Morgan fingerprint density at radius 1 is 1.35 bits per heavy atom. The zero-order chi connectivity index (χ0) is 15.6. The number of aromatic nitrogens is 2. The van der Waals surface area contributed by atoms with Gasteiger partial charge >= 0.3 is 0 Å². The third-order valence-corrected chi connectivity index (χ3v) is 3.55. The van der Waals surface area contributed by atoms with Gasteiger partial charge in [-0.15, -0.1) is 0 Å². The van der Waals surface area contributed by atoms with Crippen molar-refractivity contribution in [3.05, 3.63) is 17.5 Å². The fraction of sp³-hybridized carbons (Fsp3) is 0.714. The van der Waals surface area contributed by atoms with Crippen molar-refractivity contribution in [2.75, 3.05) is 13.2 Å². The number of carbonyl (C=O) groups is 1. The second-order valence-electron chi connectivity index (χ2n) is 6.13. The van der Waals surface area contributed by atoms with E-state index in [-0.39, 0.29) is 24.7 Å². The van der Waals surface area contributed by atoms with Crippen molar-refractivity contribution in [3.8, 4) is 0 Å². The predicted octanol–water partition coefficient (Wildman–Crippen LogP) is 0.810. The van der Waals surface area contributed by atoms with Gasteiger partial charge in [0.15, 0.2) is 0 Å². The van der Waals surface area contributed by atoms with E-state index in [1.165, 1.54) is 6.20 Å². The second kappa shape index (κ2) is 5.93. The number of nitrogens with zero attached hydrogens (tertiary/aromatic N) is 2. The number of aliphatic hydroxyl groups excluding tert-OH is 2. The average molecular weight is 283 g/mol. The van der Waals surface area contributed by atoms with Crippen LogP contribution in [-0.4, -0.2) is 44.7 Å². The Hall–Kier alpha value is -1.40. The van der Waals surface area contributed by atoms with Gasteiger partial charge in [0.05, 0.1) is 36.1 Å². The summed E-state index contributed by atoms with van der Waals surface area (Å²) in [5, 5.41) is 25.7. The molecule has 0 spiro atoms. The molecular weight excluding hydrogens is 258 g/mol. The molecule has 1 heterocycles. The quantitative estimate of drug-likeness (QED) is 0.746. The number of rotatable bonds is 5. The summed E-state index contributed by atoms with van der Waals surface area (Å²) in [5.74, 6) is -0.331. The molecule has 1 aromatic rings. The molecule has 0 fully saturated rings. The molecule has 20 heavy (non-hydrogen) atoms. The van der Waals surface area contributed by atoms with E-state index < -0.39 is 5.54 Å². The van der Waals surface area contributed by atoms with Crippen LogP contribution in [0, 0.1) is 6.92 Å². The molecule has 114 valence electrons. The largest absolute Gasteiger partial charge is 0.394 e. The molecule has 6 nitrogen and oxygen atoms in total. The third-order valence-electron chi connectivity index (χ3n) is 3.55. The summed E-state index contributed by atoms with van der Waals surface area (Å²) in [6, 6.07) is 0. The Morgan fingerprint density at radius 3 is 2.25 bits per heavy atom. The van der Waals surface area contributed by atoms with E-state index in [1.807, 2.05) is 27.7 Å². The molecule has 0 aromatic carbocycles. The van der Waals surface area contributed by atoms with E-state index >= 15 is 0 Å². The van der Waals surface area contributed by atoms with Crippen LogP contribution in [0.1, 0.15) is 50.2 Å². The van der Waals surface area contributed by atoms with Crippen LogP contribution in [0.4, 0.5) is 0 Å². The first kappa shape index (κ1) is 16.7. The maximum absolute atomic E-state index is 12.3. The van der Waals surface area contributed by atoms with Gasteiger partial charge in [-0.2, -0.15) is 5.10 Å². The van der Waals surface area contributed by atoms with Crippen molar-refractivity contribution in [1.82, 2.24) is 15.1 Å². The number of hydrogen-bond donors (Lipinski definition) is 3. The fourth-order valence-electron chi connectivity index (χ4n) is 2.06. The first-order valence-electron chi connectivity index (χ1n) is 6.80. The van der Waals surface area contributed by atoms with Crippen LogP contribution in [0.2, 0.25) is 0 Å². The van der Waals surface area contributed by atoms with Gasteiger partial charge in [-0.05, 0) is 34.1 Å². The van der Waals surface area contributed by atoms with E-state index in [1.54, 1.807) is 11.6 Å². The number of nitrogens with one attached hydrogen (secondary N) is 1. The molecule has 6 heteroatoms. The molecule has 0 aliphatic rings. The van der Waals surface area contributed by atoms with Crippen molar-refractivity contribution < 1.29 is 15.0 Å². The molecule has 1 aromatic heterocycles. The zero-order valence-electron chi connectivity index (χ0n) is 12.9. The van der Waals surface area contributed by atoms with Crippen LogP contribution < -0.4 is 5.32 Å². The molecule has 0 saturated heterocycles. The van der Waals surface area contributed by atoms with Gasteiger partial charge in [-0.3, -0.25) is 9.48 Å². The van der Waals surface area contributed by atoms with Gasteiger partial charge in [0, 0.05) is 5.69 Å². The minimum absolute atomic E-state index is 0.210. The van der Waals surface area contributed by atoms with Crippen LogP contribution in [0.25, 0.3) is 0 Å². The SMILES string of the molecule is CCC(CO)(CO)NC(=O)c1cnn(C(C)(C)C)c1C. The van der Waals surface area contributed by atoms with E-state index in [2.05, 4.69) is 10.4 Å². The number of amides is 1. The van der Waals surface area contributed by atoms with Gasteiger partial charge in [-0.1, -0.05) is 6.92 Å². The second-order valence-corrected chi connectivity index (χ2v) is 6.13. The minimum Gasteiger partial charge on any atom is -0.394 e. The van der Waals surface area contributed by atoms with Crippen LogP contribution in [-0.2, 0) is 5.54 Å². The molecule has 0 atom stereocenters. The smallest absolute Gasteiger partial charge is 0.255 e. The topological polar surface area (TPSA) is 87.4 Å². The van der Waals surface area contributed by atoms with Crippen LogP contribution in [0.5, 0.6) is 0 Å². The summed E-state index contributed by atoms with van der Waals surface area (Å²) in [4.78, 5) is 12.3. The lowest BCUT2D eigenvalue weighted by atomic mass is 9.98. The minimum atomic E-state index is -0.993. The first-order chi connectivity index (χ1) is 9.20. The zero-order valence-corrected chi connectivity index (χ0v) is 12.9. The molecule has 0 unspecified atom stereocenters. The summed E-state index contributed by atoms with van der Waals surface area (Å²) < 4.78 is 1.79.